The fourth-order valence-electron chi connectivity index (χ4n) is 6.56. The van der Waals surface area contributed by atoms with Crippen molar-refractivity contribution < 1.29 is 0 Å². The summed E-state index contributed by atoms with van der Waals surface area (Å²) in [5, 5.41) is 7.21. The Kier molecular flexibility index (Phi) is 6.96. The van der Waals surface area contributed by atoms with E-state index in [1.807, 2.05) is 19.1 Å². The van der Waals surface area contributed by atoms with Gasteiger partial charge in [0.2, 0.25) is 0 Å². The van der Waals surface area contributed by atoms with Gasteiger partial charge in [0.05, 0.1) is 11.0 Å². The SMILES string of the molecule is C=C/C=C(\C=C/C)c1ccc2[nH]c3c(ccc4c(C(/C=C\C)=C/C=C)cc5c6cc(-c7ccccc7)ccc6[nH]c5c43)c2c1. The van der Waals surface area contributed by atoms with Crippen molar-refractivity contribution in [3.05, 3.63) is 158 Å². The van der Waals surface area contributed by atoms with Crippen LogP contribution < -0.4 is 0 Å². The predicted octanol–water partition coefficient (Wildman–Crippen LogP) is 12.1. The molecule has 0 saturated heterocycles. The standard InChI is InChI=1S/C42H34N2/c1-5-12-27(13-6-2)30-18-22-38-35(24-30)33-21-20-32-34(29(14-7-3)15-8-4)26-37-36-25-31(28-16-10-9-11-17-28)19-23-39(36)44-42(37)40(32)41(33)43-38/h5-26,43-44H,1,3H2,2,4H3/b13-6-,15-8-,27-12+,29-14+. The van der Waals surface area contributed by atoms with E-state index < -0.39 is 0 Å². The molecule has 0 bridgehead atoms. The van der Waals surface area contributed by atoms with Gasteiger partial charge in [-0.2, -0.15) is 0 Å². The van der Waals surface area contributed by atoms with E-state index in [1.165, 1.54) is 54.6 Å². The molecule has 212 valence electrons. The average Bonchev–Trinajstić information content (AvgIpc) is 3.62. The van der Waals surface area contributed by atoms with Crippen molar-refractivity contribution >= 4 is 65.5 Å². The van der Waals surface area contributed by atoms with Crippen molar-refractivity contribution in [2.75, 3.05) is 0 Å². The lowest BCUT2D eigenvalue weighted by atomic mass is 9.92. The molecular weight excluding hydrogens is 532 g/mol. The van der Waals surface area contributed by atoms with Crippen LogP contribution in [0.2, 0.25) is 0 Å². The highest BCUT2D eigenvalue weighted by Crippen LogP contribution is 2.42. The lowest BCUT2D eigenvalue weighted by molar-refractivity contribution is 1.54. The summed E-state index contributed by atoms with van der Waals surface area (Å²) in [6.07, 6.45) is 16.3. The van der Waals surface area contributed by atoms with Gasteiger partial charge in [-0.25, -0.2) is 0 Å². The Bertz CT molecular complexity index is 2370. The first-order valence-electron chi connectivity index (χ1n) is 15.1. The Morgan fingerprint density at radius 1 is 0.568 bits per heavy atom. The van der Waals surface area contributed by atoms with Crippen molar-refractivity contribution in [3.8, 4) is 11.1 Å². The molecule has 2 nitrogen and oxygen atoms in total. The van der Waals surface area contributed by atoms with E-state index in [9.17, 15) is 0 Å². The molecule has 5 aromatic carbocycles. The molecule has 0 aliphatic rings. The van der Waals surface area contributed by atoms with Crippen LogP contribution in [0.25, 0.3) is 76.7 Å². The zero-order valence-corrected chi connectivity index (χ0v) is 25.1. The zero-order chi connectivity index (χ0) is 30.2. The fourth-order valence-corrected chi connectivity index (χ4v) is 6.56. The van der Waals surface area contributed by atoms with Gasteiger partial charge in [0, 0.05) is 38.0 Å². The van der Waals surface area contributed by atoms with Crippen molar-refractivity contribution in [1.29, 1.82) is 0 Å². The first-order valence-corrected chi connectivity index (χ1v) is 15.1. The molecule has 0 atom stereocenters. The number of hydrogen-bond donors (Lipinski definition) is 2. The maximum absolute atomic E-state index is 4.03. The van der Waals surface area contributed by atoms with Crippen molar-refractivity contribution in [2.24, 2.45) is 0 Å². The second-order valence-corrected chi connectivity index (χ2v) is 11.1. The number of aromatic nitrogens is 2. The van der Waals surface area contributed by atoms with E-state index >= 15 is 0 Å². The van der Waals surface area contributed by atoms with Crippen LogP contribution in [-0.4, -0.2) is 9.97 Å². The Morgan fingerprint density at radius 2 is 1.20 bits per heavy atom. The highest BCUT2D eigenvalue weighted by atomic mass is 14.7. The van der Waals surface area contributed by atoms with Crippen molar-refractivity contribution in [2.45, 2.75) is 13.8 Å². The predicted molar refractivity (Wildman–Crippen MR) is 194 cm³/mol. The number of hydrogen-bond acceptors (Lipinski definition) is 0. The Morgan fingerprint density at radius 3 is 1.93 bits per heavy atom. The molecule has 0 radical (unpaired) electrons. The van der Waals surface area contributed by atoms with Gasteiger partial charge < -0.3 is 9.97 Å². The Balaban J connectivity index is 1.60. The molecule has 44 heavy (non-hydrogen) atoms. The molecule has 0 aliphatic heterocycles. The van der Waals surface area contributed by atoms with Crippen LogP contribution in [0.1, 0.15) is 25.0 Å². The van der Waals surface area contributed by atoms with Gasteiger partial charge in [0.15, 0.2) is 0 Å². The minimum absolute atomic E-state index is 1.12. The molecule has 2 aromatic heterocycles. The van der Waals surface area contributed by atoms with E-state index in [2.05, 4.69) is 151 Å². The second kappa shape index (κ2) is 11.2. The summed E-state index contributed by atoms with van der Waals surface area (Å²) in [5.74, 6) is 0. The lowest BCUT2D eigenvalue weighted by Gasteiger charge is -2.11. The van der Waals surface area contributed by atoms with Crippen LogP contribution in [0.4, 0.5) is 0 Å². The monoisotopic (exact) mass is 566 g/mol. The quantitative estimate of drug-likeness (QED) is 0.180. The maximum Gasteiger partial charge on any atom is 0.0566 e. The summed E-state index contributed by atoms with van der Waals surface area (Å²) in [7, 11) is 0. The number of benzene rings is 5. The van der Waals surface area contributed by atoms with Gasteiger partial charge in [-0.05, 0) is 83.0 Å². The Labute approximate surface area is 257 Å². The molecule has 7 aromatic rings. The molecule has 2 heterocycles. The van der Waals surface area contributed by atoms with E-state index in [0.717, 1.165) is 33.2 Å². The highest BCUT2D eigenvalue weighted by Gasteiger charge is 2.18. The zero-order valence-electron chi connectivity index (χ0n) is 25.1. The largest absolute Gasteiger partial charge is 0.354 e. The van der Waals surface area contributed by atoms with Gasteiger partial charge in [0.25, 0.3) is 0 Å². The van der Waals surface area contributed by atoms with Crippen LogP contribution in [0.3, 0.4) is 0 Å². The first kappa shape index (κ1) is 27.2. The molecular formula is C42H34N2. The number of H-pyrrole nitrogens is 2. The molecule has 0 spiro atoms. The van der Waals surface area contributed by atoms with Gasteiger partial charge in [-0.3, -0.25) is 0 Å². The van der Waals surface area contributed by atoms with E-state index in [-0.39, 0.29) is 0 Å². The summed E-state index contributed by atoms with van der Waals surface area (Å²) in [6, 6.07) is 30.9. The van der Waals surface area contributed by atoms with E-state index in [1.54, 1.807) is 0 Å². The van der Waals surface area contributed by atoms with Crippen LogP contribution in [-0.2, 0) is 0 Å². The maximum atomic E-state index is 4.03. The molecule has 2 N–H and O–H groups in total. The number of fused-ring (bicyclic) bond motifs is 9. The lowest BCUT2D eigenvalue weighted by Crippen LogP contribution is -1.88. The summed E-state index contributed by atoms with van der Waals surface area (Å²) >= 11 is 0. The van der Waals surface area contributed by atoms with Gasteiger partial charge in [-0.15, -0.1) is 0 Å². The average molecular weight is 567 g/mol. The third kappa shape index (κ3) is 4.44. The van der Waals surface area contributed by atoms with E-state index in [4.69, 9.17) is 0 Å². The molecule has 0 amide bonds. The molecule has 0 unspecified atom stereocenters. The van der Waals surface area contributed by atoms with Crippen molar-refractivity contribution in [1.82, 2.24) is 9.97 Å². The molecule has 7 rings (SSSR count). The minimum Gasteiger partial charge on any atom is -0.354 e. The highest BCUT2D eigenvalue weighted by molar-refractivity contribution is 6.29. The smallest absolute Gasteiger partial charge is 0.0566 e. The fraction of sp³-hybridized carbons (Fsp3) is 0.0476. The number of allylic oxidation sites excluding steroid dienone is 10. The summed E-state index contributed by atoms with van der Waals surface area (Å²) in [6.45, 7) is 12.1. The number of nitrogens with one attached hydrogen (secondary N) is 2. The van der Waals surface area contributed by atoms with Crippen LogP contribution in [0.15, 0.2) is 147 Å². The van der Waals surface area contributed by atoms with Crippen molar-refractivity contribution in [3.63, 3.8) is 0 Å². The van der Waals surface area contributed by atoms with E-state index in [0.29, 0.717) is 0 Å². The van der Waals surface area contributed by atoms with Gasteiger partial charge in [0.1, 0.15) is 0 Å². The van der Waals surface area contributed by atoms with Gasteiger partial charge >= 0.3 is 0 Å². The molecule has 0 fully saturated rings. The van der Waals surface area contributed by atoms with Crippen LogP contribution >= 0.6 is 0 Å². The second-order valence-electron chi connectivity index (χ2n) is 11.1. The summed E-state index contributed by atoms with van der Waals surface area (Å²) in [4.78, 5) is 7.64. The normalized spacial score (nSPS) is 13.0. The summed E-state index contributed by atoms with van der Waals surface area (Å²) in [5.41, 5.74) is 11.5. The minimum atomic E-state index is 1.12. The van der Waals surface area contributed by atoms with Crippen LogP contribution in [0.5, 0.6) is 0 Å². The molecule has 0 saturated carbocycles. The molecule has 0 aliphatic carbocycles. The van der Waals surface area contributed by atoms with Crippen LogP contribution in [0, 0.1) is 0 Å². The number of aromatic amines is 2. The third-order valence-corrected chi connectivity index (χ3v) is 8.48. The third-order valence-electron chi connectivity index (χ3n) is 8.48. The summed E-state index contributed by atoms with van der Waals surface area (Å²) < 4.78 is 0. The Hall–Kier alpha value is -5.60. The number of rotatable bonds is 7. The topological polar surface area (TPSA) is 31.6 Å². The molecule has 2 heteroatoms. The first-order chi connectivity index (χ1) is 21.6. The van der Waals surface area contributed by atoms with Gasteiger partial charge in [-0.1, -0.05) is 116 Å².